The van der Waals surface area contributed by atoms with E-state index in [4.69, 9.17) is 9.47 Å². The van der Waals surface area contributed by atoms with Crippen molar-refractivity contribution in [2.24, 2.45) is 0 Å². The molecule has 1 fully saturated rings. The van der Waals surface area contributed by atoms with Gasteiger partial charge in [0.05, 0.1) is 13.2 Å². The largest absolute Gasteiger partial charge is 0.412 e. The molecule has 0 spiro atoms. The van der Waals surface area contributed by atoms with Gasteiger partial charge in [-0.15, -0.1) is 0 Å². The third kappa shape index (κ3) is 6.09. The van der Waals surface area contributed by atoms with Gasteiger partial charge >= 0.3 is 6.18 Å². The maximum Gasteiger partial charge on any atom is 0.412 e. The molecule has 1 aliphatic rings. The van der Waals surface area contributed by atoms with Crippen LogP contribution in [0.3, 0.4) is 0 Å². The summed E-state index contributed by atoms with van der Waals surface area (Å²) >= 11 is 0. The number of alkyl halides is 3. The molecule has 0 bridgehead atoms. The Labute approximate surface area is 118 Å². The molecule has 0 aromatic heterocycles. The van der Waals surface area contributed by atoms with Crippen LogP contribution in [0.15, 0.2) is 23.3 Å². The molecule has 0 radical (unpaired) electrons. The van der Waals surface area contributed by atoms with Crippen molar-refractivity contribution in [3.8, 4) is 0 Å². The van der Waals surface area contributed by atoms with E-state index in [9.17, 15) is 13.2 Å². The maximum absolute atomic E-state index is 12.9. The van der Waals surface area contributed by atoms with E-state index in [0.717, 1.165) is 5.57 Å². The summed E-state index contributed by atoms with van der Waals surface area (Å²) in [6.45, 7) is 6.54. The number of rotatable bonds is 6. The average molecular weight is 292 g/mol. The van der Waals surface area contributed by atoms with Gasteiger partial charge in [-0.1, -0.05) is 17.7 Å². The first kappa shape index (κ1) is 17.2. The van der Waals surface area contributed by atoms with E-state index in [1.807, 2.05) is 19.9 Å². The second kappa shape index (κ2) is 7.27. The predicted octanol–water partition coefficient (Wildman–Crippen LogP) is 4.76. The molecule has 0 N–H and O–H groups in total. The zero-order chi connectivity index (χ0) is 15.2. The summed E-state index contributed by atoms with van der Waals surface area (Å²) in [4.78, 5) is 0. The Morgan fingerprint density at radius 3 is 2.20 bits per heavy atom. The first-order chi connectivity index (χ1) is 9.23. The highest BCUT2D eigenvalue weighted by atomic mass is 19.4. The zero-order valence-electron chi connectivity index (χ0n) is 12.3. The minimum Gasteiger partial charge on any atom is -0.348 e. The quantitative estimate of drug-likeness (QED) is 0.657. The molecule has 20 heavy (non-hydrogen) atoms. The van der Waals surface area contributed by atoms with Crippen molar-refractivity contribution in [1.29, 1.82) is 0 Å². The lowest BCUT2D eigenvalue weighted by molar-refractivity contribution is -0.146. The van der Waals surface area contributed by atoms with Crippen LogP contribution in [0.2, 0.25) is 0 Å². The SMILES string of the molecule is CC(C)=CCC/C(=C/CCC1(C)OCCO1)C(F)(F)F. The second-order valence-electron chi connectivity index (χ2n) is 5.42. The zero-order valence-corrected chi connectivity index (χ0v) is 12.3. The number of hydrogen-bond acceptors (Lipinski definition) is 2. The highest BCUT2D eigenvalue weighted by Crippen LogP contribution is 2.31. The lowest BCUT2D eigenvalue weighted by Crippen LogP contribution is -2.25. The highest BCUT2D eigenvalue weighted by molar-refractivity contribution is 5.11. The van der Waals surface area contributed by atoms with Gasteiger partial charge in [0, 0.05) is 12.0 Å². The van der Waals surface area contributed by atoms with Crippen LogP contribution in [0.5, 0.6) is 0 Å². The Hall–Kier alpha value is -0.810. The normalized spacial score (nSPS) is 19.2. The predicted molar refractivity (Wildman–Crippen MR) is 72.3 cm³/mol. The summed E-state index contributed by atoms with van der Waals surface area (Å²) < 4.78 is 49.4. The van der Waals surface area contributed by atoms with E-state index >= 15 is 0 Å². The number of hydrogen-bond donors (Lipinski definition) is 0. The van der Waals surface area contributed by atoms with Gasteiger partial charge in [0.25, 0.3) is 0 Å². The Bertz CT molecular complexity index is 360. The first-order valence-corrected chi connectivity index (χ1v) is 6.90. The van der Waals surface area contributed by atoms with Crippen LogP contribution in [-0.2, 0) is 9.47 Å². The number of ether oxygens (including phenoxy) is 2. The van der Waals surface area contributed by atoms with Crippen LogP contribution >= 0.6 is 0 Å². The van der Waals surface area contributed by atoms with E-state index in [1.165, 1.54) is 6.08 Å². The standard InChI is InChI=1S/C15H23F3O2/c1-12(2)6-4-7-13(15(16,17)18)8-5-9-14(3)19-10-11-20-14/h6,8H,4-5,7,9-11H2,1-3H3/b13-8-. The van der Waals surface area contributed by atoms with Gasteiger partial charge in [0.2, 0.25) is 0 Å². The van der Waals surface area contributed by atoms with Crippen molar-refractivity contribution >= 4 is 0 Å². The molecule has 1 aliphatic heterocycles. The van der Waals surface area contributed by atoms with Crippen LogP contribution in [0.25, 0.3) is 0 Å². The lowest BCUT2D eigenvalue weighted by Gasteiger charge is -2.21. The van der Waals surface area contributed by atoms with Gasteiger partial charge in [-0.2, -0.15) is 13.2 Å². The fourth-order valence-corrected chi connectivity index (χ4v) is 2.09. The van der Waals surface area contributed by atoms with Crippen LogP contribution in [0, 0.1) is 0 Å². The van der Waals surface area contributed by atoms with Crippen molar-refractivity contribution in [3.05, 3.63) is 23.3 Å². The van der Waals surface area contributed by atoms with E-state index in [0.29, 0.717) is 32.5 Å². The molecule has 2 nitrogen and oxygen atoms in total. The molecule has 0 unspecified atom stereocenters. The summed E-state index contributed by atoms with van der Waals surface area (Å²) in [5.74, 6) is -0.729. The Kier molecular flexibility index (Phi) is 6.27. The van der Waals surface area contributed by atoms with Gasteiger partial charge < -0.3 is 9.47 Å². The van der Waals surface area contributed by atoms with Gasteiger partial charge in [-0.25, -0.2) is 0 Å². The smallest absolute Gasteiger partial charge is 0.348 e. The molecule has 116 valence electrons. The van der Waals surface area contributed by atoms with Crippen molar-refractivity contribution in [2.75, 3.05) is 13.2 Å². The highest BCUT2D eigenvalue weighted by Gasteiger charge is 2.33. The monoisotopic (exact) mass is 292 g/mol. The van der Waals surface area contributed by atoms with Gasteiger partial charge in [0.15, 0.2) is 5.79 Å². The van der Waals surface area contributed by atoms with E-state index in [-0.39, 0.29) is 6.42 Å². The van der Waals surface area contributed by atoms with Crippen LogP contribution in [0.1, 0.15) is 46.5 Å². The molecule has 1 rings (SSSR count). The van der Waals surface area contributed by atoms with Crippen molar-refractivity contribution in [2.45, 2.75) is 58.4 Å². The molecule has 1 saturated heterocycles. The van der Waals surface area contributed by atoms with Crippen LogP contribution in [0.4, 0.5) is 13.2 Å². The van der Waals surface area contributed by atoms with Crippen molar-refractivity contribution in [3.63, 3.8) is 0 Å². The third-order valence-electron chi connectivity index (χ3n) is 3.22. The topological polar surface area (TPSA) is 18.5 Å². The summed E-state index contributed by atoms with van der Waals surface area (Å²) in [6.07, 6.45) is 0.0213. The molecule has 0 aliphatic carbocycles. The Morgan fingerprint density at radius 1 is 1.10 bits per heavy atom. The average Bonchev–Trinajstić information content (AvgIpc) is 2.72. The summed E-state index contributed by atoms with van der Waals surface area (Å²) in [6, 6.07) is 0. The minimum atomic E-state index is -4.26. The molecule has 0 atom stereocenters. The fraction of sp³-hybridized carbons (Fsp3) is 0.733. The van der Waals surface area contributed by atoms with Gasteiger partial charge in [-0.05, 0) is 40.0 Å². The van der Waals surface area contributed by atoms with Crippen LogP contribution < -0.4 is 0 Å². The van der Waals surface area contributed by atoms with Gasteiger partial charge in [-0.3, -0.25) is 0 Å². The van der Waals surface area contributed by atoms with Crippen molar-refractivity contribution < 1.29 is 22.6 Å². The number of allylic oxidation sites excluding steroid dienone is 4. The Balaban J connectivity index is 2.54. The first-order valence-electron chi connectivity index (χ1n) is 6.90. The fourth-order valence-electron chi connectivity index (χ4n) is 2.09. The minimum absolute atomic E-state index is 0.0209. The molecule has 0 aromatic rings. The molecular formula is C15H23F3O2. The van der Waals surface area contributed by atoms with E-state index < -0.39 is 17.5 Å². The maximum atomic E-state index is 12.9. The van der Waals surface area contributed by atoms with Crippen LogP contribution in [-0.4, -0.2) is 25.2 Å². The van der Waals surface area contributed by atoms with Crippen molar-refractivity contribution in [1.82, 2.24) is 0 Å². The molecule has 0 saturated carbocycles. The molecular weight excluding hydrogens is 269 g/mol. The van der Waals surface area contributed by atoms with Gasteiger partial charge in [0.1, 0.15) is 0 Å². The van der Waals surface area contributed by atoms with E-state index in [2.05, 4.69) is 0 Å². The lowest BCUT2D eigenvalue weighted by atomic mass is 10.0. The Morgan fingerprint density at radius 2 is 1.70 bits per heavy atom. The summed E-state index contributed by atoms with van der Waals surface area (Å²) in [7, 11) is 0. The number of halogens is 3. The molecule has 1 heterocycles. The molecule has 0 aromatic carbocycles. The molecule has 5 heteroatoms. The summed E-state index contributed by atoms with van der Waals surface area (Å²) in [5.41, 5.74) is 0.573. The van der Waals surface area contributed by atoms with E-state index in [1.54, 1.807) is 6.92 Å². The third-order valence-corrected chi connectivity index (χ3v) is 3.22. The second-order valence-corrected chi connectivity index (χ2v) is 5.42. The molecule has 0 amide bonds. The summed E-state index contributed by atoms with van der Waals surface area (Å²) in [5, 5.41) is 0.